The number of aryl methyl sites for hydroxylation is 2. The lowest BCUT2D eigenvalue weighted by atomic mass is 9.77. The standard InChI is InChI=1S/C26H38N2O4S2/c1-7-8-9-10-11-12-15-34(30,31)32-25-21(17-27-28(25)6)23(29)20-16-18(2)24-22(19(20)3)26(4,5)13-14-33-24/h16-17H,7-15H2,1-6H3. The number of fused-ring (bicyclic) bond motifs is 1. The van der Waals surface area contributed by atoms with E-state index in [-0.39, 0.29) is 28.4 Å². The summed E-state index contributed by atoms with van der Waals surface area (Å²) in [4.78, 5) is 14.9. The van der Waals surface area contributed by atoms with Gasteiger partial charge >= 0.3 is 10.1 Å². The summed E-state index contributed by atoms with van der Waals surface area (Å²) in [6, 6.07) is 1.92. The molecule has 2 heterocycles. The van der Waals surface area contributed by atoms with Gasteiger partial charge < -0.3 is 4.18 Å². The molecule has 0 saturated carbocycles. The Bertz CT molecular complexity index is 1150. The number of thioether (sulfide) groups is 1. The highest BCUT2D eigenvalue weighted by Crippen LogP contribution is 2.46. The van der Waals surface area contributed by atoms with Crippen LogP contribution in [-0.4, -0.2) is 35.5 Å². The van der Waals surface area contributed by atoms with Crippen molar-refractivity contribution in [2.75, 3.05) is 11.5 Å². The summed E-state index contributed by atoms with van der Waals surface area (Å²) in [5.41, 5.74) is 3.97. The van der Waals surface area contributed by atoms with Gasteiger partial charge in [0.25, 0.3) is 0 Å². The molecule has 0 radical (unpaired) electrons. The molecule has 1 aromatic heterocycles. The van der Waals surface area contributed by atoms with E-state index in [4.69, 9.17) is 4.18 Å². The van der Waals surface area contributed by atoms with Crippen LogP contribution in [0, 0.1) is 13.8 Å². The van der Waals surface area contributed by atoms with Crippen LogP contribution in [0.25, 0.3) is 0 Å². The second-order valence-corrected chi connectivity index (χ2v) is 12.8. The Labute approximate surface area is 209 Å². The van der Waals surface area contributed by atoms with E-state index in [0.29, 0.717) is 12.0 Å². The Kier molecular flexibility index (Phi) is 8.56. The molecule has 1 aromatic carbocycles. The zero-order valence-corrected chi connectivity index (χ0v) is 23.0. The number of ketones is 1. The molecule has 0 aliphatic carbocycles. The number of benzene rings is 1. The van der Waals surface area contributed by atoms with Crippen molar-refractivity contribution in [2.24, 2.45) is 7.05 Å². The van der Waals surface area contributed by atoms with Crippen LogP contribution in [-0.2, 0) is 22.6 Å². The third-order valence-electron chi connectivity index (χ3n) is 6.70. The summed E-state index contributed by atoms with van der Waals surface area (Å²) in [5, 5.41) is 4.15. The third-order valence-corrected chi connectivity index (χ3v) is 9.13. The SMILES string of the molecule is CCCCCCCCS(=O)(=O)Oc1c(C(=O)c2cc(C)c3c(c2C)C(C)(C)CCS3)cnn1C. The second kappa shape index (κ2) is 10.9. The Morgan fingerprint density at radius 2 is 1.82 bits per heavy atom. The van der Waals surface area contributed by atoms with Gasteiger partial charge in [-0.1, -0.05) is 52.9 Å². The number of carbonyl (C=O) groups is 1. The second-order valence-electron chi connectivity index (χ2n) is 9.98. The molecule has 0 unspecified atom stereocenters. The van der Waals surface area contributed by atoms with E-state index in [2.05, 4.69) is 25.9 Å². The molecule has 1 aliphatic rings. The molecule has 8 heteroatoms. The fourth-order valence-corrected chi connectivity index (χ4v) is 7.47. The molecule has 34 heavy (non-hydrogen) atoms. The van der Waals surface area contributed by atoms with Gasteiger partial charge in [-0.05, 0) is 60.6 Å². The highest BCUT2D eigenvalue weighted by Gasteiger charge is 2.34. The fourth-order valence-electron chi connectivity index (χ4n) is 4.71. The van der Waals surface area contributed by atoms with Crippen molar-refractivity contribution in [1.82, 2.24) is 9.78 Å². The topological polar surface area (TPSA) is 78.3 Å². The van der Waals surface area contributed by atoms with E-state index in [1.807, 2.05) is 31.7 Å². The highest BCUT2D eigenvalue weighted by atomic mass is 32.2. The van der Waals surface area contributed by atoms with Crippen LogP contribution < -0.4 is 4.18 Å². The number of hydrogen-bond donors (Lipinski definition) is 0. The Hall–Kier alpha value is -1.80. The van der Waals surface area contributed by atoms with Crippen LogP contribution in [0.1, 0.15) is 98.3 Å². The molecule has 1 aliphatic heterocycles. The summed E-state index contributed by atoms with van der Waals surface area (Å²) in [7, 11) is -2.23. The lowest BCUT2D eigenvalue weighted by Gasteiger charge is -2.35. The van der Waals surface area contributed by atoms with Crippen LogP contribution in [0.2, 0.25) is 0 Å². The minimum atomic E-state index is -3.83. The average Bonchev–Trinajstić information content (AvgIpc) is 3.11. The summed E-state index contributed by atoms with van der Waals surface area (Å²) in [6.45, 7) is 10.6. The van der Waals surface area contributed by atoms with Gasteiger partial charge in [-0.15, -0.1) is 11.8 Å². The van der Waals surface area contributed by atoms with Crippen molar-refractivity contribution in [3.63, 3.8) is 0 Å². The number of rotatable bonds is 11. The van der Waals surface area contributed by atoms with Crippen LogP contribution in [0.3, 0.4) is 0 Å². The first-order valence-corrected chi connectivity index (χ1v) is 14.8. The maximum atomic E-state index is 13.7. The quantitative estimate of drug-likeness (QED) is 0.208. The molecule has 0 bridgehead atoms. The zero-order chi connectivity index (χ0) is 25.1. The van der Waals surface area contributed by atoms with Gasteiger partial charge in [-0.2, -0.15) is 13.5 Å². The molecular formula is C26H38N2O4S2. The monoisotopic (exact) mass is 506 g/mol. The van der Waals surface area contributed by atoms with Gasteiger partial charge in [0.2, 0.25) is 5.88 Å². The Morgan fingerprint density at radius 3 is 2.53 bits per heavy atom. The minimum absolute atomic E-state index is 0.0145. The number of unbranched alkanes of at least 4 members (excludes halogenated alkanes) is 5. The van der Waals surface area contributed by atoms with E-state index in [0.717, 1.165) is 49.0 Å². The third kappa shape index (κ3) is 5.88. The highest BCUT2D eigenvalue weighted by molar-refractivity contribution is 7.99. The summed E-state index contributed by atoms with van der Waals surface area (Å²) in [5.74, 6) is 0.720. The first-order valence-electron chi connectivity index (χ1n) is 12.2. The van der Waals surface area contributed by atoms with Gasteiger partial charge in [-0.25, -0.2) is 4.68 Å². The van der Waals surface area contributed by atoms with Crippen LogP contribution >= 0.6 is 11.8 Å². The molecule has 3 rings (SSSR count). The van der Waals surface area contributed by atoms with Crippen LogP contribution in [0.15, 0.2) is 17.2 Å². The largest absolute Gasteiger partial charge is 0.361 e. The van der Waals surface area contributed by atoms with Crippen molar-refractivity contribution >= 4 is 27.7 Å². The van der Waals surface area contributed by atoms with Gasteiger partial charge in [0.15, 0.2) is 5.78 Å². The predicted molar refractivity (Wildman–Crippen MR) is 139 cm³/mol. The van der Waals surface area contributed by atoms with Crippen molar-refractivity contribution in [1.29, 1.82) is 0 Å². The van der Waals surface area contributed by atoms with Crippen molar-refractivity contribution in [2.45, 2.75) is 89.9 Å². The summed E-state index contributed by atoms with van der Waals surface area (Å²) in [6.07, 6.45) is 8.30. The first kappa shape index (κ1) is 26.8. The number of nitrogens with zero attached hydrogens (tertiary/aromatic N) is 2. The molecule has 188 valence electrons. The Morgan fingerprint density at radius 1 is 1.15 bits per heavy atom. The molecular weight excluding hydrogens is 468 g/mol. The molecule has 6 nitrogen and oxygen atoms in total. The molecule has 0 atom stereocenters. The minimum Gasteiger partial charge on any atom is -0.361 e. The molecule has 2 aromatic rings. The molecule has 0 saturated heterocycles. The van der Waals surface area contributed by atoms with Gasteiger partial charge in [0.05, 0.1) is 11.9 Å². The smallest absolute Gasteiger partial charge is 0.310 e. The maximum Gasteiger partial charge on any atom is 0.310 e. The lowest BCUT2D eigenvalue weighted by molar-refractivity contribution is 0.103. The number of hydrogen-bond acceptors (Lipinski definition) is 6. The number of aromatic nitrogens is 2. The van der Waals surface area contributed by atoms with E-state index < -0.39 is 10.1 Å². The summed E-state index contributed by atoms with van der Waals surface area (Å²) < 4.78 is 32.1. The van der Waals surface area contributed by atoms with Crippen molar-refractivity contribution in [3.8, 4) is 5.88 Å². The van der Waals surface area contributed by atoms with Crippen molar-refractivity contribution < 1.29 is 17.4 Å². The first-order chi connectivity index (χ1) is 16.0. The normalized spacial score (nSPS) is 15.2. The molecule has 0 N–H and O–H groups in total. The average molecular weight is 507 g/mol. The van der Waals surface area contributed by atoms with Gasteiger partial charge in [0, 0.05) is 17.5 Å². The predicted octanol–water partition coefficient (Wildman–Crippen LogP) is 6.11. The fraction of sp³-hybridized carbons (Fsp3) is 0.615. The van der Waals surface area contributed by atoms with Crippen LogP contribution in [0.4, 0.5) is 0 Å². The summed E-state index contributed by atoms with van der Waals surface area (Å²) >= 11 is 1.84. The van der Waals surface area contributed by atoms with Gasteiger partial charge in [0.1, 0.15) is 5.56 Å². The van der Waals surface area contributed by atoms with E-state index in [1.165, 1.54) is 27.8 Å². The van der Waals surface area contributed by atoms with Crippen molar-refractivity contribution in [3.05, 3.63) is 40.1 Å². The number of carbonyl (C=O) groups excluding carboxylic acids is 1. The molecule has 0 fully saturated rings. The maximum absolute atomic E-state index is 13.7. The zero-order valence-electron chi connectivity index (χ0n) is 21.4. The molecule has 0 spiro atoms. The Balaban J connectivity index is 1.85. The van der Waals surface area contributed by atoms with Crippen LogP contribution in [0.5, 0.6) is 5.88 Å². The van der Waals surface area contributed by atoms with E-state index in [9.17, 15) is 13.2 Å². The van der Waals surface area contributed by atoms with E-state index >= 15 is 0 Å². The molecule has 0 amide bonds. The van der Waals surface area contributed by atoms with Gasteiger partial charge in [-0.3, -0.25) is 4.79 Å². The lowest BCUT2D eigenvalue weighted by Crippen LogP contribution is -2.26. The van der Waals surface area contributed by atoms with E-state index in [1.54, 1.807) is 7.05 Å².